The number of aromatic nitrogens is 2. The number of nitrogens with one attached hydrogen (secondary N) is 2. The molecule has 2 rings (SSSR count). The Hall–Kier alpha value is -1.82. The van der Waals surface area contributed by atoms with Crippen molar-refractivity contribution in [3.8, 4) is 0 Å². The maximum Gasteiger partial charge on any atom is 0.320 e. The summed E-state index contributed by atoms with van der Waals surface area (Å²) in [6.07, 6.45) is 0. The number of amides is 2. The van der Waals surface area contributed by atoms with E-state index in [0.717, 1.165) is 15.7 Å². The number of hydrogen-bond acceptors (Lipinski definition) is 2. The zero-order chi connectivity index (χ0) is 13.8. The summed E-state index contributed by atoms with van der Waals surface area (Å²) in [4.78, 5) is 11.7. The van der Waals surface area contributed by atoms with Gasteiger partial charge in [-0.3, -0.25) is 10.00 Å². The Balaban J connectivity index is 1.88. The van der Waals surface area contributed by atoms with Crippen LogP contribution in [0.5, 0.6) is 0 Å². The Kier molecular flexibility index (Phi) is 4.21. The van der Waals surface area contributed by atoms with Gasteiger partial charge in [-0.25, -0.2) is 4.79 Å². The van der Waals surface area contributed by atoms with E-state index in [0.29, 0.717) is 12.4 Å². The van der Waals surface area contributed by atoms with E-state index in [1.807, 2.05) is 44.3 Å². The second-order valence-electron chi connectivity index (χ2n) is 4.23. The lowest BCUT2D eigenvalue weighted by molar-refractivity contribution is 0.251. The van der Waals surface area contributed by atoms with Crippen LogP contribution in [0.4, 0.5) is 10.6 Å². The summed E-state index contributed by atoms with van der Waals surface area (Å²) in [5.74, 6) is 0.548. The standard InChI is InChI=1S/C13H15BrN4O/c1-9-6-12(17-18(9)2)16-13(19)15-8-10-4-3-5-11(14)7-10/h3-7H,8H2,1-2H3,(H2,15,16,17,19). The van der Waals surface area contributed by atoms with Crippen LogP contribution in [0, 0.1) is 6.92 Å². The smallest absolute Gasteiger partial charge is 0.320 e. The molecular weight excluding hydrogens is 308 g/mol. The summed E-state index contributed by atoms with van der Waals surface area (Å²) in [5.41, 5.74) is 2.02. The fraction of sp³-hybridized carbons (Fsp3) is 0.231. The molecule has 0 saturated carbocycles. The molecule has 2 amide bonds. The Morgan fingerprint density at radius 3 is 2.84 bits per heavy atom. The third kappa shape index (κ3) is 3.82. The number of anilines is 1. The molecule has 1 aromatic carbocycles. The molecule has 0 spiro atoms. The molecule has 0 aliphatic heterocycles. The van der Waals surface area contributed by atoms with Crippen LogP contribution in [0.15, 0.2) is 34.8 Å². The second-order valence-corrected chi connectivity index (χ2v) is 5.15. The van der Waals surface area contributed by atoms with Gasteiger partial charge in [0.05, 0.1) is 0 Å². The van der Waals surface area contributed by atoms with Crippen molar-refractivity contribution in [2.45, 2.75) is 13.5 Å². The summed E-state index contributed by atoms with van der Waals surface area (Å²) in [7, 11) is 1.83. The molecule has 1 heterocycles. The first-order valence-electron chi connectivity index (χ1n) is 5.84. The molecule has 5 nitrogen and oxygen atoms in total. The third-order valence-electron chi connectivity index (χ3n) is 2.70. The minimum absolute atomic E-state index is 0.266. The fourth-order valence-electron chi connectivity index (χ4n) is 1.61. The van der Waals surface area contributed by atoms with Crippen LogP contribution >= 0.6 is 15.9 Å². The minimum Gasteiger partial charge on any atom is -0.334 e. The Morgan fingerprint density at radius 1 is 1.42 bits per heavy atom. The number of carbonyl (C=O) groups excluding carboxylic acids is 1. The highest BCUT2D eigenvalue weighted by Gasteiger charge is 2.05. The SMILES string of the molecule is Cc1cc(NC(=O)NCc2cccc(Br)c2)nn1C. The average molecular weight is 323 g/mol. The van der Waals surface area contributed by atoms with E-state index < -0.39 is 0 Å². The molecule has 100 valence electrons. The predicted octanol–water partition coefficient (Wildman–Crippen LogP) is 2.81. The third-order valence-corrected chi connectivity index (χ3v) is 3.19. The van der Waals surface area contributed by atoms with Crippen molar-refractivity contribution >= 4 is 27.8 Å². The zero-order valence-corrected chi connectivity index (χ0v) is 12.4. The summed E-state index contributed by atoms with van der Waals surface area (Å²) < 4.78 is 2.71. The van der Waals surface area contributed by atoms with E-state index in [1.54, 1.807) is 4.68 Å². The maximum absolute atomic E-state index is 11.7. The summed E-state index contributed by atoms with van der Waals surface area (Å²) in [5, 5.41) is 9.63. The number of rotatable bonds is 3. The van der Waals surface area contributed by atoms with E-state index in [9.17, 15) is 4.79 Å². The first-order chi connectivity index (χ1) is 9.04. The van der Waals surface area contributed by atoms with Crippen molar-refractivity contribution in [2.75, 3.05) is 5.32 Å². The molecule has 0 atom stereocenters. The number of benzene rings is 1. The highest BCUT2D eigenvalue weighted by Crippen LogP contribution is 2.11. The minimum atomic E-state index is -0.266. The van der Waals surface area contributed by atoms with E-state index in [1.165, 1.54) is 0 Å². The number of urea groups is 1. The normalized spacial score (nSPS) is 10.3. The summed E-state index contributed by atoms with van der Waals surface area (Å²) in [6.45, 7) is 2.40. The second kappa shape index (κ2) is 5.88. The van der Waals surface area contributed by atoms with Gasteiger partial charge in [-0.1, -0.05) is 28.1 Å². The fourth-order valence-corrected chi connectivity index (χ4v) is 2.06. The molecular formula is C13H15BrN4O. The van der Waals surface area contributed by atoms with E-state index in [-0.39, 0.29) is 6.03 Å². The van der Waals surface area contributed by atoms with Crippen LogP contribution in [0.1, 0.15) is 11.3 Å². The maximum atomic E-state index is 11.7. The van der Waals surface area contributed by atoms with Crippen molar-refractivity contribution in [2.24, 2.45) is 7.05 Å². The van der Waals surface area contributed by atoms with Gasteiger partial charge in [-0.2, -0.15) is 5.10 Å². The van der Waals surface area contributed by atoms with Crippen molar-refractivity contribution in [3.63, 3.8) is 0 Å². The van der Waals surface area contributed by atoms with E-state index in [4.69, 9.17) is 0 Å². The van der Waals surface area contributed by atoms with Gasteiger partial charge in [0, 0.05) is 29.8 Å². The number of halogens is 1. The first kappa shape index (κ1) is 13.6. The Labute approximate surface area is 120 Å². The molecule has 0 bridgehead atoms. The molecule has 2 aromatic rings. The number of nitrogens with zero attached hydrogens (tertiary/aromatic N) is 2. The van der Waals surface area contributed by atoms with Crippen molar-refractivity contribution in [1.29, 1.82) is 0 Å². The molecule has 2 N–H and O–H groups in total. The van der Waals surface area contributed by atoms with Crippen molar-refractivity contribution < 1.29 is 4.79 Å². The van der Waals surface area contributed by atoms with Crippen molar-refractivity contribution in [1.82, 2.24) is 15.1 Å². The van der Waals surface area contributed by atoms with Gasteiger partial charge in [0.15, 0.2) is 5.82 Å². The first-order valence-corrected chi connectivity index (χ1v) is 6.64. The lowest BCUT2D eigenvalue weighted by Crippen LogP contribution is -2.28. The van der Waals surface area contributed by atoms with Crippen LogP contribution in [-0.2, 0) is 13.6 Å². The van der Waals surface area contributed by atoms with E-state index in [2.05, 4.69) is 31.7 Å². The van der Waals surface area contributed by atoms with Gasteiger partial charge >= 0.3 is 6.03 Å². The topological polar surface area (TPSA) is 59.0 Å². The van der Waals surface area contributed by atoms with Gasteiger partial charge in [0.25, 0.3) is 0 Å². The Bertz CT molecular complexity index is 575. The summed E-state index contributed by atoms with van der Waals surface area (Å²) in [6, 6.07) is 9.35. The van der Waals surface area contributed by atoms with Gasteiger partial charge in [-0.15, -0.1) is 0 Å². The van der Waals surface area contributed by atoms with Gasteiger partial charge in [0.1, 0.15) is 0 Å². The summed E-state index contributed by atoms with van der Waals surface area (Å²) >= 11 is 3.39. The molecule has 0 saturated heterocycles. The molecule has 1 aromatic heterocycles. The van der Waals surface area contributed by atoms with Gasteiger partial charge < -0.3 is 5.32 Å². The van der Waals surface area contributed by atoms with Crippen LogP contribution in [-0.4, -0.2) is 15.8 Å². The molecule has 0 unspecified atom stereocenters. The number of hydrogen-bond donors (Lipinski definition) is 2. The van der Waals surface area contributed by atoms with Crippen LogP contribution in [0.25, 0.3) is 0 Å². The van der Waals surface area contributed by atoms with E-state index >= 15 is 0 Å². The van der Waals surface area contributed by atoms with Crippen molar-refractivity contribution in [3.05, 3.63) is 46.1 Å². The zero-order valence-electron chi connectivity index (χ0n) is 10.8. The quantitative estimate of drug-likeness (QED) is 0.912. The highest BCUT2D eigenvalue weighted by atomic mass is 79.9. The van der Waals surface area contributed by atoms with Crippen LogP contribution in [0.2, 0.25) is 0 Å². The lowest BCUT2D eigenvalue weighted by atomic mass is 10.2. The predicted molar refractivity (Wildman–Crippen MR) is 77.9 cm³/mol. The molecule has 6 heteroatoms. The van der Waals surface area contributed by atoms with Crippen LogP contribution < -0.4 is 10.6 Å². The molecule has 19 heavy (non-hydrogen) atoms. The Morgan fingerprint density at radius 2 is 2.21 bits per heavy atom. The number of carbonyl (C=O) groups is 1. The monoisotopic (exact) mass is 322 g/mol. The largest absolute Gasteiger partial charge is 0.334 e. The number of aryl methyl sites for hydroxylation is 2. The highest BCUT2D eigenvalue weighted by molar-refractivity contribution is 9.10. The molecule has 0 aliphatic rings. The molecule has 0 radical (unpaired) electrons. The van der Waals surface area contributed by atoms with Crippen LogP contribution in [0.3, 0.4) is 0 Å². The van der Waals surface area contributed by atoms with Gasteiger partial charge in [0.2, 0.25) is 0 Å². The van der Waals surface area contributed by atoms with Gasteiger partial charge in [-0.05, 0) is 24.6 Å². The lowest BCUT2D eigenvalue weighted by Gasteiger charge is -2.06. The average Bonchev–Trinajstić information content (AvgIpc) is 2.66. The molecule has 0 aliphatic carbocycles. The molecule has 0 fully saturated rings.